The number of aliphatic imine (C=N–C) groups is 1. The average molecular weight is 433 g/mol. The fourth-order valence-corrected chi connectivity index (χ4v) is 3.55. The fourth-order valence-electron chi connectivity index (χ4n) is 3.55. The summed E-state index contributed by atoms with van der Waals surface area (Å²) < 4.78 is 0. The van der Waals surface area contributed by atoms with E-state index < -0.39 is 0 Å². The van der Waals surface area contributed by atoms with Crippen LogP contribution in [0.5, 0.6) is 0 Å². The number of benzene rings is 2. The highest BCUT2D eigenvalue weighted by Gasteiger charge is 2.22. The number of hydrogen-bond acceptors (Lipinski definition) is 3. The normalized spacial score (nSPS) is 13.0. The Bertz CT molecular complexity index is 1010. The molecule has 2 aromatic carbocycles. The maximum Gasteiger partial charge on any atom is 0.230 e. The lowest BCUT2D eigenvalue weighted by molar-refractivity contribution is -0.378. The van der Waals surface area contributed by atoms with Crippen LogP contribution in [0.2, 0.25) is 0 Å². The maximum absolute atomic E-state index is 8.81. The van der Waals surface area contributed by atoms with Gasteiger partial charge in [-0.05, 0) is 44.2 Å². The summed E-state index contributed by atoms with van der Waals surface area (Å²) in [7, 11) is 0. The highest BCUT2D eigenvalue weighted by molar-refractivity contribution is 6.14. The number of carbonyl (C=O) groups is 1. The van der Waals surface area contributed by atoms with Crippen molar-refractivity contribution >= 4 is 17.8 Å². The number of pyridine rings is 1. The van der Waals surface area contributed by atoms with Crippen molar-refractivity contribution in [3.05, 3.63) is 94.8 Å². The number of hydrogen-bond donors (Lipinski definition) is 2. The van der Waals surface area contributed by atoms with E-state index in [1.807, 2.05) is 26.2 Å². The van der Waals surface area contributed by atoms with E-state index in [0.717, 1.165) is 17.0 Å². The highest BCUT2D eigenvalue weighted by atomic mass is 16.5. The van der Waals surface area contributed by atoms with Crippen molar-refractivity contribution in [3.63, 3.8) is 0 Å². The number of hydroxylamine groups is 1. The number of para-hydroxylation sites is 1. The molecule has 1 amide bonds. The minimum absolute atomic E-state index is 0.181. The molecular formula is C27H34N3O2+. The highest BCUT2D eigenvalue weighted by Crippen LogP contribution is 2.41. The number of H-pyrrole nitrogens is 1. The van der Waals surface area contributed by atoms with Crippen molar-refractivity contribution in [2.45, 2.75) is 52.9 Å². The van der Waals surface area contributed by atoms with E-state index in [1.54, 1.807) is 0 Å². The number of aryl methyl sites for hydroxylation is 2. The average Bonchev–Trinajstić information content (AvgIpc) is 2.80. The van der Waals surface area contributed by atoms with Crippen LogP contribution in [0.15, 0.2) is 72.0 Å². The van der Waals surface area contributed by atoms with E-state index in [1.165, 1.54) is 47.0 Å². The van der Waals surface area contributed by atoms with Gasteiger partial charge >= 0.3 is 0 Å². The summed E-state index contributed by atoms with van der Waals surface area (Å²) in [5.41, 5.74) is 9.60. The molecule has 1 aliphatic carbocycles. The molecule has 0 spiro atoms. The van der Waals surface area contributed by atoms with Gasteiger partial charge < -0.3 is 0 Å². The Balaban J connectivity index is 0.000000547. The van der Waals surface area contributed by atoms with Crippen LogP contribution in [0.1, 0.15) is 66.8 Å². The number of aromatic nitrogens is 1. The van der Waals surface area contributed by atoms with Gasteiger partial charge in [-0.1, -0.05) is 68.3 Å². The van der Waals surface area contributed by atoms with E-state index in [0.29, 0.717) is 5.92 Å². The van der Waals surface area contributed by atoms with Crippen LogP contribution in [0.25, 0.3) is 0 Å². The first-order valence-electron chi connectivity index (χ1n) is 11.2. The SMILES string of the molecule is CC.Cc1ccc(C(=Nc2ccccc2C2CCC2)c2cc[nH+]cc2C)cc1.O=CNO. The maximum atomic E-state index is 8.81. The largest absolute Gasteiger partial charge is 0.289 e. The van der Waals surface area contributed by atoms with E-state index in [2.05, 4.69) is 73.4 Å². The van der Waals surface area contributed by atoms with Gasteiger partial charge in [-0.25, -0.2) is 15.5 Å². The van der Waals surface area contributed by atoms with Crippen LogP contribution in [0, 0.1) is 13.8 Å². The fraction of sp³-hybridized carbons (Fsp3) is 0.296. The van der Waals surface area contributed by atoms with Crippen molar-refractivity contribution in [2.75, 3.05) is 0 Å². The first kappa shape index (κ1) is 25.0. The molecule has 0 radical (unpaired) electrons. The molecule has 0 atom stereocenters. The molecule has 5 heteroatoms. The summed E-state index contributed by atoms with van der Waals surface area (Å²) in [5, 5.41) is 7.26. The van der Waals surface area contributed by atoms with E-state index in [-0.39, 0.29) is 6.41 Å². The standard InChI is InChI=1S/C24H24N2.C2H6.CH3NO2/c1-17-10-12-20(13-11-17)24(21-14-15-25-16-18(21)2)26-23-9-4-3-8-22(23)19-6-5-7-19;1-2;3-1-2-4/h3-4,8-16,19H,5-7H2,1-2H3;1-2H3;1,4H,(H,2,3)/p+1. The number of nitrogens with zero attached hydrogens (tertiary/aromatic N) is 1. The number of rotatable bonds is 5. The van der Waals surface area contributed by atoms with E-state index >= 15 is 0 Å². The monoisotopic (exact) mass is 432 g/mol. The van der Waals surface area contributed by atoms with Gasteiger partial charge in [-0.3, -0.25) is 10.0 Å². The molecule has 1 heterocycles. The van der Waals surface area contributed by atoms with Crippen LogP contribution in [-0.4, -0.2) is 17.3 Å². The van der Waals surface area contributed by atoms with Crippen LogP contribution < -0.4 is 10.5 Å². The lowest BCUT2D eigenvalue weighted by Crippen LogP contribution is -2.11. The number of amides is 1. The zero-order chi connectivity index (χ0) is 23.3. The van der Waals surface area contributed by atoms with Crippen LogP contribution in [0.3, 0.4) is 0 Å². The molecule has 0 bridgehead atoms. The summed E-state index contributed by atoms with van der Waals surface area (Å²) in [5.74, 6) is 0.666. The molecular weight excluding hydrogens is 398 g/mol. The lowest BCUT2D eigenvalue weighted by Gasteiger charge is -2.27. The minimum atomic E-state index is 0.181. The summed E-state index contributed by atoms with van der Waals surface area (Å²) in [6.45, 7) is 8.25. The van der Waals surface area contributed by atoms with Crippen molar-refractivity contribution < 1.29 is 15.0 Å². The Hall–Kier alpha value is -3.31. The van der Waals surface area contributed by atoms with Gasteiger partial charge in [0.15, 0.2) is 12.4 Å². The lowest BCUT2D eigenvalue weighted by atomic mass is 9.79. The molecule has 168 valence electrons. The molecule has 0 unspecified atom stereocenters. The topological polar surface area (TPSA) is 75.8 Å². The third kappa shape index (κ3) is 6.59. The van der Waals surface area contributed by atoms with Crippen molar-refractivity contribution in [1.82, 2.24) is 5.48 Å². The summed E-state index contributed by atoms with van der Waals surface area (Å²) >= 11 is 0. The predicted molar refractivity (Wildman–Crippen MR) is 130 cm³/mol. The summed E-state index contributed by atoms with van der Waals surface area (Å²) in [4.78, 5) is 17.2. The van der Waals surface area contributed by atoms with E-state index in [9.17, 15) is 0 Å². The number of nitrogens with one attached hydrogen (secondary N) is 2. The van der Waals surface area contributed by atoms with Crippen LogP contribution >= 0.6 is 0 Å². The molecule has 0 aliphatic heterocycles. The smallest absolute Gasteiger partial charge is 0.230 e. The van der Waals surface area contributed by atoms with Gasteiger partial charge in [0.05, 0.1) is 11.4 Å². The quantitative estimate of drug-likeness (QED) is 0.235. The molecule has 1 fully saturated rings. The van der Waals surface area contributed by atoms with Gasteiger partial charge in [0.2, 0.25) is 6.41 Å². The summed E-state index contributed by atoms with van der Waals surface area (Å²) in [6.07, 6.45) is 8.10. The molecule has 32 heavy (non-hydrogen) atoms. The van der Waals surface area contributed by atoms with Crippen molar-refractivity contribution in [1.29, 1.82) is 0 Å². The predicted octanol–water partition coefficient (Wildman–Crippen LogP) is 5.70. The van der Waals surface area contributed by atoms with Gasteiger partial charge in [0, 0.05) is 22.8 Å². The Morgan fingerprint density at radius 2 is 1.72 bits per heavy atom. The summed E-state index contributed by atoms with van der Waals surface area (Å²) in [6, 6.07) is 19.4. The number of aromatic amines is 1. The minimum Gasteiger partial charge on any atom is -0.289 e. The first-order chi connectivity index (χ1) is 15.6. The molecule has 1 aliphatic rings. The van der Waals surface area contributed by atoms with Gasteiger partial charge in [0.1, 0.15) is 0 Å². The van der Waals surface area contributed by atoms with Crippen LogP contribution in [0.4, 0.5) is 5.69 Å². The second kappa shape index (κ2) is 13.2. The van der Waals surface area contributed by atoms with Gasteiger partial charge in [0.25, 0.3) is 0 Å². The molecule has 3 N–H and O–H groups in total. The van der Waals surface area contributed by atoms with Crippen molar-refractivity contribution in [2.24, 2.45) is 4.99 Å². The third-order valence-electron chi connectivity index (χ3n) is 5.42. The van der Waals surface area contributed by atoms with Gasteiger partial charge in [-0.15, -0.1) is 0 Å². The van der Waals surface area contributed by atoms with Crippen molar-refractivity contribution in [3.8, 4) is 0 Å². The Morgan fingerprint density at radius 1 is 1.06 bits per heavy atom. The molecule has 3 aromatic rings. The zero-order valence-electron chi connectivity index (χ0n) is 19.4. The first-order valence-corrected chi connectivity index (χ1v) is 11.2. The third-order valence-corrected chi connectivity index (χ3v) is 5.42. The Morgan fingerprint density at radius 3 is 2.28 bits per heavy atom. The second-order valence-electron chi connectivity index (χ2n) is 7.50. The molecule has 5 nitrogen and oxygen atoms in total. The second-order valence-corrected chi connectivity index (χ2v) is 7.50. The molecule has 1 saturated carbocycles. The van der Waals surface area contributed by atoms with E-state index in [4.69, 9.17) is 15.0 Å². The molecule has 1 aromatic heterocycles. The van der Waals surface area contributed by atoms with Crippen LogP contribution in [-0.2, 0) is 4.79 Å². The Labute approximate surface area is 191 Å². The Kier molecular flexibility index (Phi) is 10.3. The zero-order valence-corrected chi connectivity index (χ0v) is 19.4. The molecule has 0 saturated heterocycles. The number of carbonyl (C=O) groups excluding carboxylic acids is 1. The van der Waals surface area contributed by atoms with Gasteiger partial charge in [-0.2, -0.15) is 0 Å². The molecule has 4 rings (SSSR count).